The van der Waals surface area contributed by atoms with E-state index in [-0.39, 0.29) is 18.3 Å². The molecule has 94 valence electrons. The number of rotatable bonds is 2. The molecule has 1 N–H and O–H groups in total. The summed E-state index contributed by atoms with van der Waals surface area (Å²) in [5, 5.41) is 3.41. The van der Waals surface area contributed by atoms with Crippen LogP contribution in [0.1, 0.15) is 45.4 Å². The van der Waals surface area contributed by atoms with Crippen molar-refractivity contribution >= 4 is 18.3 Å². The molecule has 1 saturated heterocycles. The molecule has 3 nitrogen and oxygen atoms in total. The van der Waals surface area contributed by atoms with Gasteiger partial charge in [0.05, 0.1) is 0 Å². The predicted octanol–water partition coefficient (Wildman–Crippen LogP) is 1.95. The van der Waals surface area contributed by atoms with Gasteiger partial charge in [0.15, 0.2) is 0 Å². The van der Waals surface area contributed by atoms with Crippen molar-refractivity contribution in [1.29, 1.82) is 0 Å². The van der Waals surface area contributed by atoms with Crippen LogP contribution in [0, 0.1) is 0 Å². The highest BCUT2D eigenvalue weighted by Crippen LogP contribution is 2.29. The molecule has 1 saturated carbocycles. The molecular weight excluding hydrogens is 224 g/mol. The normalized spacial score (nSPS) is 26.2. The minimum absolute atomic E-state index is 0. The second kappa shape index (κ2) is 6.45. The zero-order chi connectivity index (χ0) is 10.7. The number of halogens is 1. The number of amides is 1. The Labute approximate surface area is 104 Å². The quantitative estimate of drug-likeness (QED) is 0.808. The van der Waals surface area contributed by atoms with Gasteiger partial charge >= 0.3 is 0 Å². The third-order valence-corrected chi connectivity index (χ3v) is 3.77. The van der Waals surface area contributed by atoms with E-state index in [0.717, 1.165) is 19.5 Å². The molecule has 2 aliphatic rings. The summed E-state index contributed by atoms with van der Waals surface area (Å²) in [6, 6.07) is 1.06. The summed E-state index contributed by atoms with van der Waals surface area (Å²) in [6.07, 6.45) is 7.28. The third kappa shape index (κ3) is 3.11. The molecule has 0 bridgehead atoms. The standard InChI is InChI=1S/C12H22N2O.ClH/c1-10(15)14(11-4-2-5-11)12-6-3-8-13-9-7-12;/h11-13H,2-9H2,1H3;1H. The Hall–Kier alpha value is -0.280. The summed E-state index contributed by atoms with van der Waals surface area (Å²) in [6.45, 7) is 3.92. The second-order valence-electron chi connectivity index (χ2n) is 4.85. The molecule has 0 radical (unpaired) electrons. The first-order chi connectivity index (χ1) is 7.29. The van der Waals surface area contributed by atoms with Crippen molar-refractivity contribution in [2.75, 3.05) is 13.1 Å². The van der Waals surface area contributed by atoms with Gasteiger partial charge in [-0.15, -0.1) is 12.4 Å². The van der Waals surface area contributed by atoms with E-state index in [1.165, 1.54) is 32.1 Å². The highest BCUT2D eigenvalue weighted by atomic mass is 35.5. The van der Waals surface area contributed by atoms with Gasteiger partial charge in [-0.3, -0.25) is 4.79 Å². The van der Waals surface area contributed by atoms with E-state index in [9.17, 15) is 4.79 Å². The van der Waals surface area contributed by atoms with Crippen LogP contribution in [0.4, 0.5) is 0 Å². The summed E-state index contributed by atoms with van der Waals surface area (Å²) in [5.41, 5.74) is 0. The molecule has 2 fully saturated rings. The van der Waals surface area contributed by atoms with Gasteiger partial charge in [0.2, 0.25) is 5.91 Å². The molecule has 1 aliphatic carbocycles. The maximum atomic E-state index is 11.7. The Kier molecular flexibility index (Phi) is 5.56. The summed E-state index contributed by atoms with van der Waals surface area (Å²) in [5.74, 6) is 0.284. The van der Waals surface area contributed by atoms with Crippen molar-refractivity contribution in [2.45, 2.75) is 57.5 Å². The minimum atomic E-state index is 0. The topological polar surface area (TPSA) is 32.3 Å². The van der Waals surface area contributed by atoms with Gasteiger partial charge in [0.1, 0.15) is 0 Å². The number of nitrogens with zero attached hydrogens (tertiary/aromatic N) is 1. The number of carbonyl (C=O) groups is 1. The highest BCUT2D eigenvalue weighted by molar-refractivity contribution is 5.85. The van der Waals surface area contributed by atoms with E-state index in [1.54, 1.807) is 6.92 Å². The zero-order valence-electron chi connectivity index (χ0n) is 10.1. The monoisotopic (exact) mass is 246 g/mol. The van der Waals surface area contributed by atoms with Crippen molar-refractivity contribution in [2.24, 2.45) is 0 Å². The van der Waals surface area contributed by atoms with E-state index in [0.29, 0.717) is 12.1 Å². The Morgan fingerprint density at radius 2 is 1.69 bits per heavy atom. The van der Waals surface area contributed by atoms with Gasteiger partial charge < -0.3 is 10.2 Å². The van der Waals surface area contributed by atoms with E-state index in [1.807, 2.05) is 0 Å². The fraction of sp³-hybridized carbons (Fsp3) is 0.917. The van der Waals surface area contributed by atoms with Gasteiger partial charge in [-0.1, -0.05) is 0 Å². The molecule has 0 spiro atoms. The van der Waals surface area contributed by atoms with Gasteiger partial charge in [-0.05, 0) is 51.6 Å². The van der Waals surface area contributed by atoms with Crippen LogP contribution in [0.25, 0.3) is 0 Å². The van der Waals surface area contributed by atoms with Gasteiger partial charge in [-0.25, -0.2) is 0 Å². The van der Waals surface area contributed by atoms with Crippen LogP contribution in [-0.2, 0) is 4.79 Å². The van der Waals surface area contributed by atoms with E-state index >= 15 is 0 Å². The fourth-order valence-corrected chi connectivity index (χ4v) is 2.76. The summed E-state index contributed by atoms with van der Waals surface area (Å²) in [7, 11) is 0. The molecular formula is C12H23ClN2O. The summed E-state index contributed by atoms with van der Waals surface area (Å²) in [4.78, 5) is 13.9. The van der Waals surface area contributed by atoms with Crippen LogP contribution >= 0.6 is 12.4 Å². The van der Waals surface area contributed by atoms with Crippen molar-refractivity contribution < 1.29 is 4.79 Å². The molecule has 1 amide bonds. The summed E-state index contributed by atoms with van der Waals surface area (Å²) >= 11 is 0. The Morgan fingerprint density at radius 3 is 2.25 bits per heavy atom. The lowest BCUT2D eigenvalue weighted by molar-refractivity contribution is -0.136. The predicted molar refractivity (Wildman–Crippen MR) is 67.9 cm³/mol. The molecule has 0 aromatic heterocycles. The first kappa shape index (κ1) is 13.8. The first-order valence-electron chi connectivity index (χ1n) is 6.28. The molecule has 2 rings (SSSR count). The summed E-state index contributed by atoms with van der Waals surface area (Å²) < 4.78 is 0. The van der Waals surface area contributed by atoms with Gasteiger partial charge in [0.25, 0.3) is 0 Å². The van der Waals surface area contributed by atoms with Crippen molar-refractivity contribution in [1.82, 2.24) is 10.2 Å². The van der Waals surface area contributed by atoms with Crippen LogP contribution in [0.5, 0.6) is 0 Å². The SMILES string of the molecule is CC(=O)N(C1CCC1)C1CCCNCC1.Cl. The van der Waals surface area contributed by atoms with Crippen molar-refractivity contribution in [3.8, 4) is 0 Å². The van der Waals surface area contributed by atoms with Gasteiger partial charge in [0, 0.05) is 19.0 Å². The average Bonchev–Trinajstić information content (AvgIpc) is 2.38. The van der Waals surface area contributed by atoms with Crippen LogP contribution in [-0.4, -0.2) is 36.0 Å². The molecule has 1 unspecified atom stereocenters. The lowest BCUT2D eigenvalue weighted by Crippen LogP contribution is -2.49. The molecule has 1 heterocycles. The number of hydrogen-bond acceptors (Lipinski definition) is 2. The molecule has 0 aromatic carbocycles. The second-order valence-corrected chi connectivity index (χ2v) is 4.85. The van der Waals surface area contributed by atoms with Gasteiger partial charge in [-0.2, -0.15) is 0 Å². The molecule has 16 heavy (non-hydrogen) atoms. The molecule has 1 aliphatic heterocycles. The molecule has 4 heteroatoms. The minimum Gasteiger partial charge on any atom is -0.337 e. The lowest BCUT2D eigenvalue weighted by Gasteiger charge is -2.42. The number of nitrogens with one attached hydrogen (secondary N) is 1. The highest BCUT2D eigenvalue weighted by Gasteiger charge is 2.32. The van der Waals surface area contributed by atoms with Crippen LogP contribution in [0.3, 0.4) is 0 Å². The van der Waals surface area contributed by atoms with Crippen LogP contribution in [0.15, 0.2) is 0 Å². The Bertz CT molecular complexity index is 223. The number of carbonyl (C=O) groups excluding carboxylic acids is 1. The Balaban J connectivity index is 0.00000128. The average molecular weight is 247 g/mol. The van der Waals surface area contributed by atoms with Crippen LogP contribution < -0.4 is 5.32 Å². The maximum Gasteiger partial charge on any atom is 0.219 e. The van der Waals surface area contributed by atoms with E-state index < -0.39 is 0 Å². The zero-order valence-corrected chi connectivity index (χ0v) is 10.9. The lowest BCUT2D eigenvalue weighted by atomic mass is 9.89. The molecule has 1 atom stereocenters. The third-order valence-electron chi connectivity index (χ3n) is 3.77. The fourth-order valence-electron chi connectivity index (χ4n) is 2.76. The largest absolute Gasteiger partial charge is 0.337 e. The maximum absolute atomic E-state index is 11.7. The van der Waals surface area contributed by atoms with E-state index in [4.69, 9.17) is 0 Å². The van der Waals surface area contributed by atoms with E-state index in [2.05, 4.69) is 10.2 Å². The van der Waals surface area contributed by atoms with Crippen molar-refractivity contribution in [3.05, 3.63) is 0 Å². The molecule has 0 aromatic rings. The van der Waals surface area contributed by atoms with Crippen molar-refractivity contribution in [3.63, 3.8) is 0 Å². The number of hydrogen-bond donors (Lipinski definition) is 1. The van der Waals surface area contributed by atoms with Crippen LogP contribution in [0.2, 0.25) is 0 Å². The smallest absolute Gasteiger partial charge is 0.219 e. The Morgan fingerprint density at radius 1 is 1.06 bits per heavy atom. The first-order valence-corrected chi connectivity index (χ1v) is 6.28.